The van der Waals surface area contributed by atoms with Gasteiger partial charge in [-0.15, -0.1) is 0 Å². The van der Waals surface area contributed by atoms with E-state index in [1.165, 1.54) is 18.5 Å². The van der Waals surface area contributed by atoms with Gasteiger partial charge in [0.15, 0.2) is 0 Å². The zero-order chi connectivity index (χ0) is 13.1. The lowest BCUT2D eigenvalue weighted by Crippen LogP contribution is -2.42. The zero-order valence-electron chi connectivity index (χ0n) is 10.2. The van der Waals surface area contributed by atoms with Crippen LogP contribution in [0.2, 0.25) is 0 Å². The molecule has 0 fully saturated rings. The summed E-state index contributed by atoms with van der Waals surface area (Å²) in [6.07, 6.45) is 3.42. The average Bonchev–Trinajstić information content (AvgIpc) is 2.28. The molecular weight excluding hydrogens is 240 g/mol. The van der Waals surface area contributed by atoms with Crippen molar-refractivity contribution in [2.75, 3.05) is 5.43 Å². The Labute approximate surface area is 102 Å². The first-order chi connectivity index (χ1) is 7.82. The van der Waals surface area contributed by atoms with Crippen molar-refractivity contribution in [2.45, 2.75) is 37.6 Å². The van der Waals surface area contributed by atoms with E-state index >= 15 is 0 Å². The highest BCUT2D eigenvalue weighted by molar-refractivity contribution is 7.89. The number of nitrogen functional groups attached to an aromatic ring is 1. The summed E-state index contributed by atoms with van der Waals surface area (Å²) in [5, 5.41) is 0. The van der Waals surface area contributed by atoms with Gasteiger partial charge in [0, 0.05) is 17.9 Å². The summed E-state index contributed by atoms with van der Waals surface area (Å²) in [5.74, 6) is 5.27. The van der Waals surface area contributed by atoms with Crippen LogP contribution in [0.25, 0.3) is 0 Å². The molecule has 0 aliphatic heterocycles. The molecular formula is C10H18N4O2S. The molecule has 0 aliphatic rings. The molecule has 0 aromatic carbocycles. The third kappa shape index (κ3) is 3.39. The number of nitrogens with one attached hydrogen (secondary N) is 2. The molecule has 1 heterocycles. The van der Waals surface area contributed by atoms with Crippen molar-refractivity contribution in [1.82, 2.24) is 9.71 Å². The van der Waals surface area contributed by atoms with Gasteiger partial charge in [0.1, 0.15) is 4.90 Å². The van der Waals surface area contributed by atoms with E-state index in [1.807, 2.05) is 20.8 Å². The first-order valence-electron chi connectivity index (χ1n) is 5.27. The average molecular weight is 258 g/mol. The molecule has 1 aromatic rings. The summed E-state index contributed by atoms with van der Waals surface area (Å²) in [5.41, 5.74) is 2.15. The van der Waals surface area contributed by atoms with Crippen LogP contribution >= 0.6 is 0 Å². The van der Waals surface area contributed by atoms with Crippen molar-refractivity contribution in [3.05, 3.63) is 18.5 Å². The van der Waals surface area contributed by atoms with Crippen molar-refractivity contribution in [3.8, 4) is 0 Å². The highest BCUT2D eigenvalue weighted by atomic mass is 32.2. The second-order valence-corrected chi connectivity index (χ2v) is 6.01. The van der Waals surface area contributed by atoms with Crippen molar-refractivity contribution in [3.63, 3.8) is 0 Å². The molecule has 7 heteroatoms. The standard InChI is InChI=1S/C10H18N4O2S/c1-4-10(2,3)14-17(15,16)9-7-12-6-5-8(9)13-11/h5-7,14H,4,11H2,1-3H3,(H,12,13). The Morgan fingerprint density at radius 3 is 2.65 bits per heavy atom. The predicted octanol–water partition coefficient (Wildman–Crippen LogP) is 0.834. The van der Waals surface area contributed by atoms with E-state index in [9.17, 15) is 8.42 Å². The molecule has 0 radical (unpaired) electrons. The van der Waals surface area contributed by atoms with Crippen LogP contribution in [0, 0.1) is 0 Å². The van der Waals surface area contributed by atoms with E-state index in [2.05, 4.69) is 15.1 Å². The molecule has 0 unspecified atom stereocenters. The molecule has 0 saturated heterocycles. The lowest BCUT2D eigenvalue weighted by Gasteiger charge is -2.24. The molecule has 0 atom stereocenters. The SMILES string of the molecule is CCC(C)(C)NS(=O)(=O)c1cnccc1NN. The number of hydrazine groups is 1. The van der Waals surface area contributed by atoms with Gasteiger partial charge in [0.25, 0.3) is 0 Å². The van der Waals surface area contributed by atoms with Gasteiger partial charge in [0.2, 0.25) is 10.0 Å². The van der Waals surface area contributed by atoms with E-state index in [0.717, 1.165) is 0 Å². The minimum atomic E-state index is -3.63. The number of nitrogens with zero attached hydrogens (tertiary/aromatic N) is 1. The second kappa shape index (κ2) is 4.99. The molecule has 17 heavy (non-hydrogen) atoms. The van der Waals surface area contributed by atoms with Gasteiger partial charge in [-0.05, 0) is 26.3 Å². The third-order valence-electron chi connectivity index (χ3n) is 2.52. The highest BCUT2D eigenvalue weighted by Gasteiger charge is 2.26. The number of hydrogen-bond acceptors (Lipinski definition) is 5. The minimum absolute atomic E-state index is 0.0454. The molecule has 96 valence electrons. The van der Waals surface area contributed by atoms with Crippen molar-refractivity contribution < 1.29 is 8.42 Å². The zero-order valence-corrected chi connectivity index (χ0v) is 11.0. The largest absolute Gasteiger partial charge is 0.323 e. The van der Waals surface area contributed by atoms with Crippen LogP contribution in [-0.2, 0) is 10.0 Å². The summed E-state index contributed by atoms with van der Waals surface area (Å²) < 4.78 is 26.9. The Kier molecular flexibility index (Phi) is 4.07. The van der Waals surface area contributed by atoms with Gasteiger partial charge >= 0.3 is 0 Å². The van der Waals surface area contributed by atoms with Crippen LogP contribution in [0.1, 0.15) is 27.2 Å². The molecule has 0 saturated carbocycles. The lowest BCUT2D eigenvalue weighted by atomic mass is 10.0. The summed E-state index contributed by atoms with van der Waals surface area (Å²) in [6.45, 7) is 5.54. The van der Waals surface area contributed by atoms with Crippen LogP contribution in [0.4, 0.5) is 5.69 Å². The Hall–Kier alpha value is -1.18. The topological polar surface area (TPSA) is 97.1 Å². The van der Waals surface area contributed by atoms with Crippen LogP contribution in [0.15, 0.2) is 23.4 Å². The van der Waals surface area contributed by atoms with Gasteiger partial charge in [0.05, 0.1) is 5.69 Å². The number of hydrogen-bond donors (Lipinski definition) is 3. The fraction of sp³-hybridized carbons (Fsp3) is 0.500. The summed E-state index contributed by atoms with van der Waals surface area (Å²) in [4.78, 5) is 3.85. The lowest BCUT2D eigenvalue weighted by molar-refractivity contribution is 0.439. The Balaban J connectivity index is 3.14. The van der Waals surface area contributed by atoms with Gasteiger partial charge in [-0.2, -0.15) is 0 Å². The van der Waals surface area contributed by atoms with E-state index in [4.69, 9.17) is 5.84 Å². The minimum Gasteiger partial charge on any atom is -0.323 e. The third-order valence-corrected chi connectivity index (χ3v) is 4.25. The Morgan fingerprint density at radius 1 is 1.47 bits per heavy atom. The van der Waals surface area contributed by atoms with E-state index in [-0.39, 0.29) is 4.90 Å². The molecule has 0 spiro atoms. The maximum atomic E-state index is 12.1. The number of rotatable bonds is 5. The number of nitrogens with two attached hydrogens (primary N) is 1. The van der Waals surface area contributed by atoms with Gasteiger partial charge < -0.3 is 5.43 Å². The maximum Gasteiger partial charge on any atom is 0.244 e. The van der Waals surface area contributed by atoms with Crippen molar-refractivity contribution >= 4 is 15.7 Å². The molecule has 0 aliphatic carbocycles. The first-order valence-corrected chi connectivity index (χ1v) is 6.75. The Morgan fingerprint density at radius 2 is 2.12 bits per heavy atom. The second-order valence-electron chi connectivity index (χ2n) is 4.36. The quantitative estimate of drug-likeness (QED) is 0.537. The number of pyridine rings is 1. The van der Waals surface area contributed by atoms with Crippen molar-refractivity contribution in [2.24, 2.45) is 5.84 Å². The van der Waals surface area contributed by atoms with Crippen LogP contribution < -0.4 is 16.0 Å². The smallest absolute Gasteiger partial charge is 0.244 e. The van der Waals surface area contributed by atoms with Crippen LogP contribution in [0.3, 0.4) is 0 Å². The number of anilines is 1. The van der Waals surface area contributed by atoms with E-state index in [1.54, 1.807) is 0 Å². The normalized spacial score (nSPS) is 12.5. The summed E-state index contributed by atoms with van der Waals surface area (Å²) in [6, 6.07) is 1.51. The monoisotopic (exact) mass is 258 g/mol. The Bertz CT molecular complexity index is 485. The fourth-order valence-corrected chi connectivity index (χ4v) is 2.80. The van der Waals surface area contributed by atoms with Crippen molar-refractivity contribution in [1.29, 1.82) is 0 Å². The highest BCUT2D eigenvalue weighted by Crippen LogP contribution is 2.21. The van der Waals surface area contributed by atoms with E-state index in [0.29, 0.717) is 12.1 Å². The van der Waals surface area contributed by atoms with Gasteiger partial charge in [-0.3, -0.25) is 10.8 Å². The summed E-state index contributed by atoms with van der Waals surface area (Å²) >= 11 is 0. The van der Waals surface area contributed by atoms with Gasteiger partial charge in [-0.1, -0.05) is 6.92 Å². The molecule has 1 aromatic heterocycles. The van der Waals surface area contributed by atoms with Gasteiger partial charge in [-0.25, -0.2) is 13.1 Å². The predicted molar refractivity (Wildman–Crippen MR) is 66.7 cm³/mol. The molecule has 0 bridgehead atoms. The van der Waals surface area contributed by atoms with Crippen LogP contribution in [0.5, 0.6) is 0 Å². The molecule has 4 N–H and O–H groups in total. The first kappa shape index (κ1) is 13.9. The fourth-order valence-electron chi connectivity index (χ4n) is 1.20. The number of sulfonamides is 1. The molecule has 1 rings (SSSR count). The van der Waals surface area contributed by atoms with E-state index < -0.39 is 15.6 Å². The van der Waals surface area contributed by atoms with Crippen LogP contribution in [-0.4, -0.2) is 18.9 Å². The molecule has 6 nitrogen and oxygen atoms in total. The molecule has 0 amide bonds. The number of aromatic nitrogens is 1. The maximum absolute atomic E-state index is 12.1. The summed E-state index contributed by atoms with van der Waals surface area (Å²) in [7, 11) is -3.63.